The van der Waals surface area contributed by atoms with Gasteiger partial charge in [0.1, 0.15) is 0 Å². The summed E-state index contributed by atoms with van der Waals surface area (Å²) < 4.78 is 0.934. The van der Waals surface area contributed by atoms with Gasteiger partial charge in [0.15, 0.2) is 5.11 Å². The fourth-order valence-corrected chi connectivity index (χ4v) is 3.67. The quantitative estimate of drug-likeness (QED) is 0.586. The van der Waals surface area contributed by atoms with Crippen molar-refractivity contribution in [3.63, 3.8) is 0 Å². The van der Waals surface area contributed by atoms with Crippen molar-refractivity contribution in [1.29, 1.82) is 0 Å². The predicted octanol–water partition coefficient (Wildman–Crippen LogP) is 4.84. The molecule has 0 radical (unpaired) electrons. The molecule has 1 atom stereocenters. The van der Waals surface area contributed by atoms with Gasteiger partial charge in [-0.1, -0.05) is 45.7 Å². The van der Waals surface area contributed by atoms with Gasteiger partial charge in [0.05, 0.1) is 11.6 Å². The zero-order valence-corrected chi connectivity index (χ0v) is 17.3. The van der Waals surface area contributed by atoms with Crippen molar-refractivity contribution in [2.75, 3.05) is 5.32 Å². The molecule has 2 aromatic rings. The number of amides is 1. The lowest BCUT2D eigenvalue weighted by Crippen LogP contribution is -2.45. The number of carbonyl (C=O) groups is 1. The van der Waals surface area contributed by atoms with E-state index in [9.17, 15) is 4.79 Å². The SMILES string of the molecule is CC1=C(C(=O)Nc2ccc(C)c(Cl)c2)C(c2cccc(Br)c2)NC(=S)N1. The Kier molecular flexibility index (Phi) is 5.65. The summed E-state index contributed by atoms with van der Waals surface area (Å²) in [7, 11) is 0. The van der Waals surface area contributed by atoms with E-state index < -0.39 is 0 Å². The minimum Gasteiger partial charge on any atom is -0.351 e. The molecule has 1 heterocycles. The van der Waals surface area contributed by atoms with Crippen LogP contribution in [0.4, 0.5) is 5.69 Å². The normalized spacial score (nSPS) is 16.8. The summed E-state index contributed by atoms with van der Waals surface area (Å²) >= 11 is 14.9. The monoisotopic (exact) mass is 449 g/mol. The topological polar surface area (TPSA) is 53.2 Å². The molecule has 7 heteroatoms. The summed E-state index contributed by atoms with van der Waals surface area (Å²) in [4.78, 5) is 13.0. The van der Waals surface area contributed by atoms with Crippen molar-refractivity contribution in [3.05, 3.63) is 74.4 Å². The van der Waals surface area contributed by atoms with Crippen LogP contribution in [0, 0.1) is 6.92 Å². The molecular formula is C19H17BrClN3OS. The fourth-order valence-electron chi connectivity index (χ4n) is 2.80. The van der Waals surface area contributed by atoms with Crippen molar-refractivity contribution in [3.8, 4) is 0 Å². The first-order chi connectivity index (χ1) is 12.3. The lowest BCUT2D eigenvalue weighted by atomic mass is 9.95. The zero-order valence-electron chi connectivity index (χ0n) is 14.2. The van der Waals surface area contributed by atoms with Crippen LogP contribution in [-0.2, 0) is 4.79 Å². The number of benzene rings is 2. The Morgan fingerprint density at radius 3 is 2.69 bits per heavy atom. The van der Waals surface area contributed by atoms with E-state index >= 15 is 0 Å². The van der Waals surface area contributed by atoms with E-state index in [1.165, 1.54) is 0 Å². The molecule has 0 saturated heterocycles. The van der Waals surface area contributed by atoms with E-state index in [-0.39, 0.29) is 11.9 Å². The first-order valence-electron chi connectivity index (χ1n) is 7.96. The minimum atomic E-state index is -0.345. The highest BCUT2D eigenvalue weighted by Gasteiger charge is 2.30. The molecule has 0 aliphatic carbocycles. The molecule has 0 saturated carbocycles. The molecule has 3 rings (SSSR count). The second-order valence-corrected chi connectivity index (χ2v) is 7.77. The summed E-state index contributed by atoms with van der Waals surface area (Å²) in [6, 6.07) is 12.9. The molecule has 0 bridgehead atoms. The third kappa shape index (κ3) is 4.09. The molecule has 134 valence electrons. The number of carbonyl (C=O) groups excluding carboxylic acids is 1. The van der Waals surface area contributed by atoms with Gasteiger partial charge in [-0.15, -0.1) is 0 Å². The summed E-state index contributed by atoms with van der Waals surface area (Å²) in [5.41, 5.74) is 3.84. The van der Waals surface area contributed by atoms with E-state index in [0.717, 1.165) is 21.3 Å². The van der Waals surface area contributed by atoms with Gasteiger partial charge in [-0.2, -0.15) is 0 Å². The molecule has 2 aromatic carbocycles. The van der Waals surface area contributed by atoms with Gasteiger partial charge in [0.2, 0.25) is 0 Å². The number of hydrogen-bond donors (Lipinski definition) is 3. The van der Waals surface area contributed by atoms with Crippen LogP contribution in [0.1, 0.15) is 24.1 Å². The minimum absolute atomic E-state index is 0.213. The highest BCUT2D eigenvalue weighted by molar-refractivity contribution is 9.10. The molecular weight excluding hydrogens is 434 g/mol. The standard InChI is InChI=1S/C19H17BrClN3OS/c1-10-6-7-14(9-15(10)21)23-18(25)16-11(2)22-19(26)24-17(16)12-4-3-5-13(20)8-12/h3-9,17H,1-2H3,(H,23,25)(H2,22,24,26). The third-order valence-electron chi connectivity index (χ3n) is 4.13. The number of thiocarbonyl (C=S) groups is 1. The van der Waals surface area contributed by atoms with Crippen LogP contribution >= 0.6 is 39.7 Å². The van der Waals surface area contributed by atoms with Crippen LogP contribution < -0.4 is 16.0 Å². The number of hydrogen-bond acceptors (Lipinski definition) is 2. The third-order valence-corrected chi connectivity index (χ3v) is 5.25. The predicted molar refractivity (Wildman–Crippen MR) is 113 cm³/mol. The molecule has 0 fully saturated rings. The Bertz CT molecular complexity index is 929. The average molecular weight is 451 g/mol. The number of anilines is 1. The zero-order chi connectivity index (χ0) is 18.8. The molecule has 1 unspecified atom stereocenters. The van der Waals surface area contributed by atoms with E-state index in [4.69, 9.17) is 23.8 Å². The second kappa shape index (κ2) is 7.78. The summed E-state index contributed by atoms with van der Waals surface area (Å²) in [5, 5.41) is 10.2. The lowest BCUT2D eigenvalue weighted by molar-refractivity contribution is -0.113. The summed E-state index contributed by atoms with van der Waals surface area (Å²) in [5.74, 6) is -0.213. The average Bonchev–Trinajstić information content (AvgIpc) is 2.57. The molecule has 0 spiro atoms. The maximum absolute atomic E-state index is 13.0. The number of halogens is 2. The Morgan fingerprint density at radius 1 is 1.23 bits per heavy atom. The van der Waals surface area contributed by atoms with Gasteiger partial charge in [0, 0.05) is 20.9 Å². The molecule has 4 nitrogen and oxygen atoms in total. The maximum atomic E-state index is 13.0. The first kappa shape index (κ1) is 18.9. The van der Waals surface area contributed by atoms with Crippen LogP contribution in [0.15, 0.2) is 58.2 Å². The van der Waals surface area contributed by atoms with E-state index in [1.807, 2.05) is 50.2 Å². The van der Waals surface area contributed by atoms with Gasteiger partial charge in [-0.25, -0.2) is 0 Å². The van der Waals surface area contributed by atoms with Gasteiger partial charge >= 0.3 is 0 Å². The van der Waals surface area contributed by atoms with Gasteiger partial charge in [-0.3, -0.25) is 4.79 Å². The van der Waals surface area contributed by atoms with Crippen molar-refractivity contribution >= 4 is 56.5 Å². The van der Waals surface area contributed by atoms with Crippen LogP contribution in [-0.4, -0.2) is 11.0 Å². The Hall–Kier alpha value is -1.89. The molecule has 0 aromatic heterocycles. The number of aryl methyl sites for hydroxylation is 1. The van der Waals surface area contributed by atoms with Crippen LogP contribution in [0.3, 0.4) is 0 Å². The van der Waals surface area contributed by atoms with E-state index in [2.05, 4.69) is 31.9 Å². The highest BCUT2D eigenvalue weighted by Crippen LogP contribution is 2.30. The van der Waals surface area contributed by atoms with Gasteiger partial charge < -0.3 is 16.0 Å². The number of allylic oxidation sites excluding steroid dienone is 1. The number of nitrogens with one attached hydrogen (secondary N) is 3. The first-order valence-corrected chi connectivity index (χ1v) is 9.54. The molecule has 1 aliphatic rings. The maximum Gasteiger partial charge on any atom is 0.255 e. The summed E-state index contributed by atoms with van der Waals surface area (Å²) in [6.07, 6.45) is 0. The summed E-state index contributed by atoms with van der Waals surface area (Å²) in [6.45, 7) is 3.76. The molecule has 3 N–H and O–H groups in total. The van der Waals surface area contributed by atoms with Gasteiger partial charge in [0.25, 0.3) is 5.91 Å². The second-order valence-electron chi connectivity index (χ2n) is 6.04. The Morgan fingerprint density at radius 2 is 2.00 bits per heavy atom. The fraction of sp³-hybridized carbons (Fsp3) is 0.158. The van der Waals surface area contributed by atoms with Crippen LogP contribution in [0.2, 0.25) is 5.02 Å². The molecule has 26 heavy (non-hydrogen) atoms. The van der Waals surface area contributed by atoms with Crippen molar-refractivity contribution in [2.24, 2.45) is 0 Å². The Balaban J connectivity index is 1.95. The number of rotatable bonds is 3. The smallest absolute Gasteiger partial charge is 0.255 e. The van der Waals surface area contributed by atoms with E-state index in [0.29, 0.717) is 21.4 Å². The Labute approximate surface area is 171 Å². The van der Waals surface area contributed by atoms with Crippen LogP contribution in [0.25, 0.3) is 0 Å². The molecule has 1 amide bonds. The van der Waals surface area contributed by atoms with Gasteiger partial charge in [-0.05, 0) is 61.5 Å². The largest absolute Gasteiger partial charge is 0.351 e. The molecule has 1 aliphatic heterocycles. The van der Waals surface area contributed by atoms with E-state index in [1.54, 1.807) is 6.07 Å². The van der Waals surface area contributed by atoms with Crippen LogP contribution in [0.5, 0.6) is 0 Å². The van der Waals surface area contributed by atoms with Crippen molar-refractivity contribution < 1.29 is 4.79 Å². The van der Waals surface area contributed by atoms with Crippen molar-refractivity contribution in [2.45, 2.75) is 19.9 Å². The van der Waals surface area contributed by atoms with Crippen molar-refractivity contribution in [1.82, 2.24) is 10.6 Å². The highest BCUT2D eigenvalue weighted by atomic mass is 79.9. The lowest BCUT2D eigenvalue weighted by Gasteiger charge is -2.30.